The van der Waals surface area contributed by atoms with Crippen molar-refractivity contribution in [2.75, 3.05) is 11.9 Å². The summed E-state index contributed by atoms with van der Waals surface area (Å²) in [6, 6.07) is 8.69. The molecule has 0 fully saturated rings. The number of fused-ring (bicyclic) bond motifs is 3. The number of carbonyl (C=O) groups is 1. The van der Waals surface area contributed by atoms with Gasteiger partial charge in [0.2, 0.25) is 0 Å². The third kappa shape index (κ3) is 3.07. The van der Waals surface area contributed by atoms with E-state index in [1.807, 2.05) is 17.4 Å². The van der Waals surface area contributed by atoms with Gasteiger partial charge in [-0.3, -0.25) is 4.79 Å². The SMILES string of the molecule is CCCCNC(=O)c1ccc2c(c1)C1C=CCC1C(c1sccc1C)N2. The molecule has 2 heterocycles. The molecule has 0 radical (unpaired) electrons. The van der Waals surface area contributed by atoms with Crippen LogP contribution in [0.3, 0.4) is 0 Å². The summed E-state index contributed by atoms with van der Waals surface area (Å²) >= 11 is 1.84. The maximum absolute atomic E-state index is 12.4. The Hall–Kier alpha value is -2.07. The molecule has 0 saturated carbocycles. The highest BCUT2D eigenvalue weighted by Crippen LogP contribution is 2.51. The van der Waals surface area contributed by atoms with Crippen LogP contribution in [0.15, 0.2) is 41.8 Å². The number of carbonyl (C=O) groups excluding carboxylic acids is 1. The monoisotopic (exact) mass is 366 g/mol. The number of anilines is 1. The summed E-state index contributed by atoms with van der Waals surface area (Å²) in [6.07, 6.45) is 7.83. The molecule has 0 saturated heterocycles. The molecule has 2 aliphatic rings. The van der Waals surface area contributed by atoms with Gasteiger partial charge in [-0.1, -0.05) is 25.5 Å². The van der Waals surface area contributed by atoms with Crippen LogP contribution in [0.4, 0.5) is 5.69 Å². The summed E-state index contributed by atoms with van der Waals surface area (Å²) in [5.41, 5.74) is 4.57. The summed E-state index contributed by atoms with van der Waals surface area (Å²) in [5, 5.41) is 8.98. The Balaban J connectivity index is 1.63. The number of hydrogen-bond donors (Lipinski definition) is 2. The molecule has 0 spiro atoms. The zero-order chi connectivity index (χ0) is 18.1. The van der Waals surface area contributed by atoms with Gasteiger partial charge in [0.25, 0.3) is 5.91 Å². The highest BCUT2D eigenvalue weighted by molar-refractivity contribution is 7.10. The van der Waals surface area contributed by atoms with Crippen molar-refractivity contribution < 1.29 is 4.79 Å². The second-order valence-electron chi connectivity index (χ2n) is 7.35. The van der Waals surface area contributed by atoms with Crippen LogP contribution in [0.25, 0.3) is 0 Å². The van der Waals surface area contributed by atoms with Crippen LogP contribution in [0.1, 0.15) is 64.5 Å². The smallest absolute Gasteiger partial charge is 0.251 e. The molecule has 136 valence electrons. The molecular formula is C22H26N2OS. The predicted octanol–water partition coefficient (Wildman–Crippen LogP) is 5.41. The fourth-order valence-electron chi connectivity index (χ4n) is 4.18. The van der Waals surface area contributed by atoms with Crippen LogP contribution in [-0.4, -0.2) is 12.5 Å². The van der Waals surface area contributed by atoms with Crippen molar-refractivity contribution in [2.24, 2.45) is 5.92 Å². The molecule has 0 bridgehead atoms. The summed E-state index contributed by atoms with van der Waals surface area (Å²) in [5.74, 6) is 0.954. The normalized spacial score (nSPS) is 23.2. The number of amides is 1. The molecule has 1 aromatic heterocycles. The Morgan fingerprint density at radius 3 is 3.00 bits per heavy atom. The quantitative estimate of drug-likeness (QED) is 0.548. The molecule has 1 amide bonds. The van der Waals surface area contributed by atoms with Crippen molar-refractivity contribution >= 4 is 22.9 Å². The second-order valence-corrected chi connectivity index (χ2v) is 8.30. The number of hydrogen-bond acceptors (Lipinski definition) is 3. The van der Waals surface area contributed by atoms with Crippen molar-refractivity contribution in [1.82, 2.24) is 5.32 Å². The van der Waals surface area contributed by atoms with Crippen LogP contribution >= 0.6 is 11.3 Å². The maximum atomic E-state index is 12.4. The summed E-state index contributed by atoms with van der Waals surface area (Å²) in [4.78, 5) is 13.9. The number of unbranched alkanes of at least 4 members (excludes halogenated alkanes) is 1. The predicted molar refractivity (Wildman–Crippen MR) is 109 cm³/mol. The van der Waals surface area contributed by atoms with Gasteiger partial charge < -0.3 is 10.6 Å². The maximum Gasteiger partial charge on any atom is 0.251 e. The van der Waals surface area contributed by atoms with E-state index in [0.717, 1.165) is 31.4 Å². The van der Waals surface area contributed by atoms with E-state index < -0.39 is 0 Å². The highest BCUT2D eigenvalue weighted by atomic mass is 32.1. The Bertz CT molecular complexity index is 838. The average molecular weight is 367 g/mol. The van der Waals surface area contributed by atoms with E-state index in [-0.39, 0.29) is 5.91 Å². The van der Waals surface area contributed by atoms with Crippen LogP contribution in [0, 0.1) is 12.8 Å². The third-order valence-electron chi connectivity index (χ3n) is 5.63. The first-order valence-electron chi connectivity index (χ1n) is 9.58. The van der Waals surface area contributed by atoms with Crippen LogP contribution < -0.4 is 10.6 Å². The molecule has 3 atom stereocenters. The highest BCUT2D eigenvalue weighted by Gasteiger charge is 2.39. The van der Waals surface area contributed by atoms with Gasteiger partial charge in [0.15, 0.2) is 0 Å². The van der Waals surface area contributed by atoms with Crippen molar-refractivity contribution in [1.29, 1.82) is 0 Å². The fraction of sp³-hybridized carbons (Fsp3) is 0.409. The third-order valence-corrected chi connectivity index (χ3v) is 6.73. The molecule has 4 heteroatoms. The molecule has 26 heavy (non-hydrogen) atoms. The van der Waals surface area contributed by atoms with Gasteiger partial charge in [0.05, 0.1) is 6.04 Å². The van der Waals surface area contributed by atoms with E-state index in [0.29, 0.717) is 17.9 Å². The van der Waals surface area contributed by atoms with Gasteiger partial charge in [-0.05, 0) is 66.5 Å². The summed E-state index contributed by atoms with van der Waals surface area (Å²) < 4.78 is 0. The van der Waals surface area contributed by atoms with Gasteiger partial charge >= 0.3 is 0 Å². The van der Waals surface area contributed by atoms with Gasteiger partial charge in [0.1, 0.15) is 0 Å². The zero-order valence-electron chi connectivity index (χ0n) is 15.4. The molecule has 1 aliphatic carbocycles. The number of rotatable bonds is 5. The largest absolute Gasteiger partial charge is 0.377 e. The number of allylic oxidation sites excluding steroid dienone is 2. The van der Waals surface area contributed by atoms with Gasteiger partial charge in [-0.25, -0.2) is 0 Å². The van der Waals surface area contributed by atoms with Gasteiger partial charge in [0, 0.05) is 28.6 Å². The topological polar surface area (TPSA) is 41.1 Å². The molecule has 2 N–H and O–H groups in total. The first-order valence-corrected chi connectivity index (χ1v) is 10.5. The lowest BCUT2D eigenvalue weighted by atomic mass is 9.78. The zero-order valence-corrected chi connectivity index (χ0v) is 16.2. The Labute approximate surface area is 159 Å². The summed E-state index contributed by atoms with van der Waals surface area (Å²) in [6.45, 7) is 5.08. The standard InChI is InChI=1S/C22H26N2OS/c1-3-4-11-23-22(25)15-8-9-19-18(13-15)16-6-5-7-17(16)20(24-19)21-14(2)10-12-26-21/h5-6,8-10,12-13,16-17,20,24H,3-4,7,11H2,1-2H3,(H,23,25). The minimum Gasteiger partial charge on any atom is -0.377 e. The minimum atomic E-state index is 0.0380. The van der Waals surface area contributed by atoms with Crippen LogP contribution in [0.2, 0.25) is 0 Å². The van der Waals surface area contributed by atoms with E-state index in [9.17, 15) is 4.79 Å². The van der Waals surface area contributed by atoms with Crippen LogP contribution in [0.5, 0.6) is 0 Å². The van der Waals surface area contributed by atoms with Crippen LogP contribution in [-0.2, 0) is 0 Å². The Morgan fingerprint density at radius 1 is 1.35 bits per heavy atom. The molecule has 2 aromatic rings. The molecular weight excluding hydrogens is 340 g/mol. The first-order chi connectivity index (χ1) is 12.7. The summed E-state index contributed by atoms with van der Waals surface area (Å²) in [7, 11) is 0. The average Bonchev–Trinajstić information content (AvgIpc) is 3.30. The number of aryl methyl sites for hydroxylation is 1. The van der Waals surface area contributed by atoms with Gasteiger partial charge in [-0.2, -0.15) is 0 Å². The van der Waals surface area contributed by atoms with Crippen molar-refractivity contribution in [2.45, 2.75) is 45.1 Å². The minimum absolute atomic E-state index is 0.0380. The Morgan fingerprint density at radius 2 is 2.23 bits per heavy atom. The molecule has 1 aliphatic heterocycles. The second kappa shape index (κ2) is 7.28. The van der Waals surface area contributed by atoms with E-state index >= 15 is 0 Å². The van der Waals surface area contributed by atoms with Crippen molar-refractivity contribution in [3.05, 3.63) is 63.4 Å². The number of thiophene rings is 1. The van der Waals surface area contributed by atoms with Gasteiger partial charge in [-0.15, -0.1) is 11.3 Å². The van der Waals surface area contributed by atoms with E-state index in [1.54, 1.807) is 0 Å². The molecule has 4 rings (SSSR count). The fourth-order valence-corrected chi connectivity index (χ4v) is 5.23. The molecule has 3 unspecified atom stereocenters. The lowest BCUT2D eigenvalue weighted by Gasteiger charge is -2.37. The van der Waals surface area contributed by atoms with E-state index in [2.05, 4.69) is 60.2 Å². The van der Waals surface area contributed by atoms with Crippen molar-refractivity contribution in [3.63, 3.8) is 0 Å². The Kier molecular flexibility index (Phi) is 4.86. The van der Waals surface area contributed by atoms with E-state index in [4.69, 9.17) is 0 Å². The first kappa shape index (κ1) is 17.3. The molecule has 1 aromatic carbocycles. The van der Waals surface area contributed by atoms with Crippen molar-refractivity contribution in [3.8, 4) is 0 Å². The molecule has 3 nitrogen and oxygen atoms in total. The number of benzene rings is 1. The number of nitrogens with one attached hydrogen (secondary N) is 2. The van der Waals surface area contributed by atoms with E-state index in [1.165, 1.54) is 21.7 Å². The lowest BCUT2D eigenvalue weighted by molar-refractivity contribution is 0.0953. The lowest BCUT2D eigenvalue weighted by Crippen LogP contribution is -2.30.